The van der Waals surface area contributed by atoms with Gasteiger partial charge >= 0.3 is 0 Å². The van der Waals surface area contributed by atoms with E-state index < -0.39 is 0 Å². The minimum absolute atomic E-state index is 0.239. The van der Waals surface area contributed by atoms with Crippen LogP contribution in [0.15, 0.2) is 60.9 Å². The van der Waals surface area contributed by atoms with Gasteiger partial charge in [0, 0.05) is 28.0 Å². The molecule has 2 aromatic heterocycles. The van der Waals surface area contributed by atoms with E-state index in [9.17, 15) is 4.79 Å². The first kappa shape index (κ1) is 20.6. The number of hydrogen-bond acceptors (Lipinski definition) is 5. The Balaban J connectivity index is 1.47. The molecule has 1 amide bonds. The Kier molecular flexibility index (Phi) is 5.68. The Hall–Kier alpha value is -3.71. The SMILES string of the molecule is Cc1nn(-c2cc(Oc3ccc(NC(=O)c4cccc(Cl)c4)cc3)ncn2)c(C)c1C. The average Bonchev–Trinajstić information content (AvgIpc) is 3.02. The van der Waals surface area contributed by atoms with Crippen molar-refractivity contribution in [1.82, 2.24) is 19.7 Å². The molecule has 0 unspecified atom stereocenters. The molecule has 0 saturated heterocycles. The number of nitrogens with one attached hydrogen (secondary N) is 1. The Bertz CT molecular complexity index is 1250. The smallest absolute Gasteiger partial charge is 0.255 e. The van der Waals surface area contributed by atoms with Crippen LogP contribution < -0.4 is 10.1 Å². The summed E-state index contributed by atoms with van der Waals surface area (Å²) in [6, 6.07) is 15.5. The molecular formula is C23H20ClN5O2. The van der Waals surface area contributed by atoms with Crippen molar-refractivity contribution in [2.24, 2.45) is 0 Å². The van der Waals surface area contributed by atoms with Crippen LogP contribution in [0.3, 0.4) is 0 Å². The van der Waals surface area contributed by atoms with Crippen LogP contribution >= 0.6 is 11.6 Å². The lowest BCUT2D eigenvalue weighted by atomic mass is 10.2. The zero-order valence-electron chi connectivity index (χ0n) is 17.3. The lowest BCUT2D eigenvalue weighted by Crippen LogP contribution is -2.11. The van der Waals surface area contributed by atoms with Crippen molar-refractivity contribution < 1.29 is 9.53 Å². The van der Waals surface area contributed by atoms with E-state index in [2.05, 4.69) is 20.4 Å². The molecule has 31 heavy (non-hydrogen) atoms. The summed E-state index contributed by atoms with van der Waals surface area (Å²) in [4.78, 5) is 20.8. The number of amides is 1. The third kappa shape index (κ3) is 4.57. The summed E-state index contributed by atoms with van der Waals surface area (Å²) in [5.74, 6) is 1.36. The summed E-state index contributed by atoms with van der Waals surface area (Å²) >= 11 is 5.95. The minimum Gasteiger partial charge on any atom is -0.439 e. The molecule has 1 N–H and O–H groups in total. The van der Waals surface area contributed by atoms with Gasteiger partial charge in [0.25, 0.3) is 5.91 Å². The van der Waals surface area contributed by atoms with Crippen molar-refractivity contribution in [3.05, 3.63) is 88.5 Å². The van der Waals surface area contributed by atoms with Gasteiger partial charge < -0.3 is 10.1 Å². The molecule has 0 saturated carbocycles. The maximum Gasteiger partial charge on any atom is 0.255 e. The van der Waals surface area contributed by atoms with E-state index >= 15 is 0 Å². The molecule has 2 heterocycles. The molecule has 7 nitrogen and oxygen atoms in total. The molecule has 156 valence electrons. The number of aryl methyl sites for hydroxylation is 1. The van der Waals surface area contributed by atoms with Crippen molar-refractivity contribution in [2.75, 3.05) is 5.32 Å². The molecule has 0 radical (unpaired) electrons. The molecule has 4 aromatic rings. The highest BCUT2D eigenvalue weighted by molar-refractivity contribution is 6.31. The first-order chi connectivity index (χ1) is 14.9. The topological polar surface area (TPSA) is 81.9 Å². The second kappa shape index (κ2) is 8.57. The Morgan fingerprint density at radius 2 is 1.81 bits per heavy atom. The van der Waals surface area contributed by atoms with Gasteiger partial charge in [0.2, 0.25) is 5.88 Å². The number of carbonyl (C=O) groups excluding carboxylic acids is 1. The fourth-order valence-electron chi connectivity index (χ4n) is 3.01. The standard InChI is InChI=1S/C23H20ClN5O2/c1-14-15(2)28-29(16(14)3)21-12-22(26-13-25-21)31-20-9-7-19(8-10-20)27-23(30)17-5-4-6-18(24)11-17/h4-13H,1-3H3,(H,27,30). The van der Waals surface area contributed by atoms with E-state index in [0.717, 1.165) is 17.0 Å². The number of hydrogen-bond donors (Lipinski definition) is 1. The van der Waals surface area contributed by atoms with E-state index in [1.54, 1.807) is 59.3 Å². The number of halogens is 1. The quantitative estimate of drug-likeness (QED) is 0.462. The summed E-state index contributed by atoms with van der Waals surface area (Å²) in [5, 5.41) is 7.86. The van der Waals surface area contributed by atoms with Crippen LogP contribution in [-0.2, 0) is 0 Å². The number of aromatic nitrogens is 4. The third-order valence-corrected chi connectivity index (χ3v) is 5.15. The summed E-state index contributed by atoms with van der Waals surface area (Å²) in [6.45, 7) is 5.98. The van der Waals surface area contributed by atoms with E-state index in [-0.39, 0.29) is 5.91 Å². The van der Waals surface area contributed by atoms with Crippen LogP contribution in [0.2, 0.25) is 5.02 Å². The van der Waals surface area contributed by atoms with Gasteiger partial charge in [-0.05, 0) is 68.8 Å². The number of benzene rings is 2. The lowest BCUT2D eigenvalue weighted by Gasteiger charge is -2.09. The average molecular weight is 434 g/mol. The molecule has 0 bridgehead atoms. The van der Waals surface area contributed by atoms with Gasteiger partial charge in [-0.15, -0.1) is 0 Å². The highest BCUT2D eigenvalue weighted by Crippen LogP contribution is 2.24. The number of rotatable bonds is 5. The highest BCUT2D eigenvalue weighted by atomic mass is 35.5. The number of carbonyl (C=O) groups is 1. The molecule has 8 heteroatoms. The molecule has 0 fully saturated rings. The molecule has 0 spiro atoms. The summed E-state index contributed by atoms with van der Waals surface area (Å²) in [6.07, 6.45) is 1.44. The van der Waals surface area contributed by atoms with Crippen LogP contribution in [0.4, 0.5) is 5.69 Å². The van der Waals surface area contributed by atoms with Gasteiger partial charge in [-0.25, -0.2) is 14.6 Å². The first-order valence-corrected chi connectivity index (χ1v) is 9.98. The third-order valence-electron chi connectivity index (χ3n) is 4.92. The van der Waals surface area contributed by atoms with Crippen molar-refractivity contribution in [1.29, 1.82) is 0 Å². The van der Waals surface area contributed by atoms with Gasteiger partial charge in [-0.1, -0.05) is 17.7 Å². The van der Waals surface area contributed by atoms with Crippen molar-refractivity contribution in [3.8, 4) is 17.4 Å². The zero-order chi connectivity index (χ0) is 22.0. The second-order valence-corrected chi connectivity index (χ2v) is 7.45. The zero-order valence-corrected chi connectivity index (χ0v) is 18.0. The summed E-state index contributed by atoms with van der Waals surface area (Å²) < 4.78 is 7.63. The Morgan fingerprint density at radius 3 is 2.48 bits per heavy atom. The van der Waals surface area contributed by atoms with Gasteiger partial charge in [0.15, 0.2) is 5.82 Å². The van der Waals surface area contributed by atoms with E-state index in [1.807, 2.05) is 20.8 Å². The molecule has 0 aliphatic carbocycles. The Morgan fingerprint density at radius 1 is 1.03 bits per heavy atom. The van der Waals surface area contributed by atoms with Crippen LogP contribution in [0, 0.1) is 20.8 Å². The first-order valence-electron chi connectivity index (χ1n) is 9.61. The van der Waals surface area contributed by atoms with Crippen molar-refractivity contribution in [2.45, 2.75) is 20.8 Å². The van der Waals surface area contributed by atoms with Gasteiger partial charge in [0.05, 0.1) is 5.69 Å². The summed E-state index contributed by atoms with van der Waals surface area (Å²) in [5.41, 5.74) is 4.21. The van der Waals surface area contributed by atoms with Gasteiger partial charge in [-0.3, -0.25) is 4.79 Å². The monoisotopic (exact) mass is 433 g/mol. The maximum atomic E-state index is 12.3. The van der Waals surface area contributed by atoms with E-state index in [4.69, 9.17) is 16.3 Å². The normalized spacial score (nSPS) is 10.7. The molecule has 2 aromatic carbocycles. The fraction of sp³-hybridized carbons (Fsp3) is 0.130. The van der Waals surface area contributed by atoms with Gasteiger partial charge in [0.1, 0.15) is 12.1 Å². The van der Waals surface area contributed by atoms with Crippen LogP contribution in [-0.4, -0.2) is 25.7 Å². The van der Waals surface area contributed by atoms with Crippen molar-refractivity contribution >= 4 is 23.2 Å². The van der Waals surface area contributed by atoms with E-state index in [1.165, 1.54) is 6.33 Å². The maximum absolute atomic E-state index is 12.3. The van der Waals surface area contributed by atoms with Crippen molar-refractivity contribution in [3.63, 3.8) is 0 Å². The van der Waals surface area contributed by atoms with E-state index in [0.29, 0.717) is 33.7 Å². The summed E-state index contributed by atoms with van der Waals surface area (Å²) in [7, 11) is 0. The largest absolute Gasteiger partial charge is 0.439 e. The lowest BCUT2D eigenvalue weighted by molar-refractivity contribution is 0.102. The fourth-order valence-corrected chi connectivity index (χ4v) is 3.20. The van der Waals surface area contributed by atoms with Crippen LogP contribution in [0.5, 0.6) is 11.6 Å². The molecule has 0 aliphatic heterocycles. The van der Waals surface area contributed by atoms with Crippen LogP contribution in [0.1, 0.15) is 27.3 Å². The predicted octanol–water partition coefficient (Wildman–Crippen LogP) is 5.29. The molecular weight excluding hydrogens is 414 g/mol. The van der Waals surface area contributed by atoms with Crippen LogP contribution in [0.25, 0.3) is 5.82 Å². The molecule has 0 aliphatic rings. The number of anilines is 1. The molecule has 4 rings (SSSR count). The predicted molar refractivity (Wildman–Crippen MR) is 119 cm³/mol. The number of ether oxygens (including phenoxy) is 1. The highest BCUT2D eigenvalue weighted by Gasteiger charge is 2.12. The van der Waals surface area contributed by atoms with Gasteiger partial charge in [-0.2, -0.15) is 5.10 Å². The second-order valence-electron chi connectivity index (χ2n) is 7.01. The number of nitrogens with zero attached hydrogens (tertiary/aromatic N) is 4. The Labute approximate surface area is 184 Å². The molecule has 0 atom stereocenters. The minimum atomic E-state index is -0.239.